The number of H-pyrrole nitrogens is 1. The highest BCUT2D eigenvalue weighted by atomic mass is 16.5. The SMILES string of the molecule is CCC(C(=O)OCc1cccc([C@H](C)c2cnc[nH]2)c1C)C(CO)Cc1cncn1C. The van der Waals surface area contributed by atoms with Crippen LogP contribution in [0, 0.1) is 18.8 Å². The highest BCUT2D eigenvalue weighted by Crippen LogP contribution is 2.28. The standard InChI is InChI=1S/C24H32N4O3/c1-5-21(19(12-29)9-20-10-26-15-28(20)4)24(30)31-13-18-7-6-8-22(16(18)2)17(3)23-11-25-14-27-23/h6-8,10-11,14-15,17,19,21,29H,5,9,12-13H2,1-4H3,(H,25,27)/t17-,19?,21?/m0/s1. The van der Waals surface area contributed by atoms with Crippen molar-refractivity contribution in [2.75, 3.05) is 6.61 Å². The number of aliphatic hydroxyl groups excluding tert-OH is 1. The number of imidazole rings is 2. The van der Waals surface area contributed by atoms with Crippen molar-refractivity contribution in [1.82, 2.24) is 19.5 Å². The maximum absolute atomic E-state index is 12.9. The molecule has 2 heterocycles. The van der Waals surface area contributed by atoms with Crippen molar-refractivity contribution >= 4 is 5.97 Å². The molecule has 0 bridgehead atoms. The van der Waals surface area contributed by atoms with E-state index in [2.05, 4.69) is 34.9 Å². The fourth-order valence-electron chi connectivity index (χ4n) is 4.13. The Balaban J connectivity index is 1.68. The Bertz CT molecular complexity index is 981. The van der Waals surface area contributed by atoms with Gasteiger partial charge in [0, 0.05) is 49.3 Å². The lowest BCUT2D eigenvalue weighted by Crippen LogP contribution is -2.30. The minimum atomic E-state index is -0.368. The summed E-state index contributed by atoms with van der Waals surface area (Å²) in [6.07, 6.45) is 8.20. The lowest BCUT2D eigenvalue weighted by Gasteiger charge is -2.23. The van der Waals surface area contributed by atoms with Crippen molar-refractivity contribution in [3.8, 4) is 0 Å². The summed E-state index contributed by atoms with van der Waals surface area (Å²) in [5, 5.41) is 9.94. The molecule has 0 saturated heterocycles. The van der Waals surface area contributed by atoms with E-state index in [0.717, 1.165) is 22.5 Å². The average molecular weight is 425 g/mol. The number of hydrogen-bond donors (Lipinski definition) is 2. The molecular weight excluding hydrogens is 392 g/mol. The fraction of sp³-hybridized carbons (Fsp3) is 0.458. The molecular formula is C24H32N4O3. The van der Waals surface area contributed by atoms with Gasteiger partial charge in [0.05, 0.1) is 18.6 Å². The van der Waals surface area contributed by atoms with Crippen molar-refractivity contribution in [2.45, 2.75) is 46.1 Å². The highest BCUT2D eigenvalue weighted by Gasteiger charge is 2.29. The summed E-state index contributed by atoms with van der Waals surface area (Å²) >= 11 is 0. The van der Waals surface area contributed by atoms with Gasteiger partial charge in [-0.1, -0.05) is 32.0 Å². The molecule has 3 aromatic rings. The lowest BCUT2D eigenvalue weighted by atomic mass is 9.87. The molecule has 0 aliphatic carbocycles. The third-order valence-corrected chi connectivity index (χ3v) is 6.24. The Kier molecular flexibility index (Phi) is 7.63. The number of aromatic nitrogens is 4. The zero-order valence-corrected chi connectivity index (χ0v) is 18.7. The topological polar surface area (TPSA) is 93.0 Å². The Hall–Kier alpha value is -2.93. The second kappa shape index (κ2) is 10.4. The molecule has 166 valence electrons. The Morgan fingerprint density at radius 2 is 2.10 bits per heavy atom. The second-order valence-electron chi connectivity index (χ2n) is 8.13. The third kappa shape index (κ3) is 5.22. The maximum Gasteiger partial charge on any atom is 0.309 e. The van der Waals surface area contributed by atoms with Crippen LogP contribution in [0.15, 0.2) is 43.2 Å². The zero-order valence-electron chi connectivity index (χ0n) is 18.7. The van der Waals surface area contributed by atoms with Crippen LogP contribution < -0.4 is 0 Å². The van der Waals surface area contributed by atoms with Crippen LogP contribution in [-0.2, 0) is 29.6 Å². The monoisotopic (exact) mass is 424 g/mol. The predicted molar refractivity (Wildman–Crippen MR) is 118 cm³/mol. The number of aromatic amines is 1. The molecule has 2 unspecified atom stereocenters. The number of nitrogens with zero attached hydrogens (tertiary/aromatic N) is 3. The van der Waals surface area contributed by atoms with Crippen LogP contribution in [0.4, 0.5) is 0 Å². The fourth-order valence-corrected chi connectivity index (χ4v) is 4.13. The highest BCUT2D eigenvalue weighted by molar-refractivity contribution is 5.72. The first-order valence-corrected chi connectivity index (χ1v) is 10.8. The molecule has 7 heteroatoms. The molecule has 1 aromatic carbocycles. The Morgan fingerprint density at radius 1 is 1.29 bits per heavy atom. The Labute approximate surface area is 183 Å². The average Bonchev–Trinajstić information content (AvgIpc) is 3.44. The van der Waals surface area contributed by atoms with Crippen LogP contribution in [-0.4, -0.2) is 37.2 Å². The number of ether oxygens (including phenoxy) is 1. The summed E-state index contributed by atoms with van der Waals surface area (Å²) in [7, 11) is 1.91. The van der Waals surface area contributed by atoms with Crippen LogP contribution in [0.5, 0.6) is 0 Å². The van der Waals surface area contributed by atoms with Gasteiger partial charge >= 0.3 is 5.97 Å². The molecule has 2 N–H and O–H groups in total. The molecule has 0 saturated carbocycles. The molecule has 0 spiro atoms. The smallest absolute Gasteiger partial charge is 0.309 e. The summed E-state index contributed by atoms with van der Waals surface area (Å²) in [6.45, 7) is 6.28. The maximum atomic E-state index is 12.9. The molecule has 3 rings (SSSR count). The van der Waals surface area contributed by atoms with Gasteiger partial charge in [-0.25, -0.2) is 9.97 Å². The molecule has 3 atom stereocenters. The van der Waals surface area contributed by atoms with E-state index in [1.807, 2.05) is 36.9 Å². The normalized spacial score (nSPS) is 14.2. The molecule has 0 aliphatic heterocycles. The molecule has 0 fully saturated rings. The molecule has 7 nitrogen and oxygen atoms in total. The van der Waals surface area contributed by atoms with E-state index in [9.17, 15) is 9.90 Å². The van der Waals surface area contributed by atoms with E-state index in [1.54, 1.807) is 18.9 Å². The van der Waals surface area contributed by atoms with E-state index in [1.165, 1.54) is 5.56 Å². The van der Waals surface area contributed by atoms with Gasteiger partial charge in [-0.2, -0.15) is 0 Å². The summed E-state index contributed by atoms with van der Waals surface area (Å²) in [5.74, 6) is -0.678. The van der Waals surface area contributed by atoms with Crippen molar-refractivity contribution in [2.24, 2.45) is 18.9 Å². The minimum Gasteiger partial charge on any atom is -0.461 e. The van der Waals surface area contributed by atoms with Gasteiger partial charge in [-0.15, -0.1) is 0 Å². The van der Waals surface area contributed by atoms with Gasteiger partial charge in [-0.05, 0) is 36.5 Å². The van der Waals surface area contributed by atoms with Crippen LogP contribution >= 0.6 is 0 Å². The quantitative estimate of drug-likeness (QED) is 0.486. The number of nitrogens with one attached hydrogen (secondary N) is 1. The Morgan fingerprint density at radius 3 is 2.71 bits per heavy atom. The van der Waals surface area contributed by atoms with Gasteiger partial charge in [0.2, 0.25) is 0 Å². The van der Waals surface area contributed by atoms with Crippen LogP contribution in [0.3, 0.4) is 0 Å². The van der Waals surface area contributed by atoms with Crippen LogP contribution in [0.2, 0.25) is 0 Å². The van der Waals surface area contributed by atoms with Gasteiger partial charge in [-0.3, -0.25) is 4.79 Å². The number of aryl methyl sites for hydroxylation is 1. The van der Waals surface area contributed by atoms with Gasteiger partial charge in [0.25, 0.3) is 0 Å². The number of carbonyl (C=O) groups excluding carboxylic acids is 1. The summed E-state index contributed by atoms with van der Waals surface area (Å²) in [6, 6.07) is 6.08. The first kappa shape index (κ1) is 22.7. The van der Waals surface area contributed by atoms with E-state index in [-0.39, 0.29) is 36.9 Å². The van der Waals surface area contributed by atoms with Crippen LogP contribution in [0.1, 0.15) is 54.3 Å². The summed E-state index contributed by atoms with van der Waals surface area (Å²) in [4.78, 5) is 24.3. The van der Waals surface area contributed by atoms with Crippen molar-refractivity contribution in [1.29, 1.82) is 0 Å². The van der Waals surface area contributed by atoms with E-state index < -0.39 is 0 Å². The zero-order chi connectivity index (χ0) is 22.4. The first-order valence-electron chi connectivity index (χ1n) is 10.8. The van der Waals surface area contributed by atoms with E-state index in [4.69, 9.17) is 4.74 Å². The third-order valence-electron chi connectivity index (χ3n) is 6.24. The molecule has 0 amide bonds. The molecule has 0 radical (unpaired) electrons. The minimum absolute atomic E-state index is 0.0744. The van der Waals surface area contributed by atoms with E-state index >= 15 is 0 Å². The number of aliphatic hydroxyl groups is 1. The number of esters is 1. The predicted octanol–water partition coefficient (Wildman–Crippen LogP) is 3.52. The molecule has 2 aromatic heterocycles. The largest absolute Gasteiger partial charge is 0.461 e. The first-order chi connectivity index (χ1) is 15.0. The summed E-state index contributed by atoms with van der Waals surface area (Å²) < 4.78 is 7.64. The van der Waals surface area contributed by atoms with Crippen LogP contribution in [0.25, 0.3) is 0 Å². The number of carbonyl (C=O) groups is 1. The van der Waals surface area contributed by atoms with Gasteiger partial charge < -0.3 is 19.4 Å². The van der Waals surface area contributed by atoms with E-state index in [0.29, 0.717) is 12.8 Å². The van der Waals surface area contributed by atoms with Gasteiger partial charge in [0.1, 0.15) is 6.61 Å². The number of hydrogen-bond acceptors (Lipinski definition) is 5. The molecule has 0 aliphatic rings. The number of benzene rings is 1. The van der Waals surface area contributed by atoms with Crippen molar-refractivity contribution in [3.63, 3.8) is 0 Å². The van der Waals surface area contributed by atoms with Crippen molar-refractivity contribution in [3.05, 3.63) is 71.3 Å². The summed E-state index contributed by atoms with van der Waals surface area (Å²) in [5.41, 5.74) is 5.30. The van der Waals surface area contributed by atoms with Crippen molar-refractivity contribution < 1.29 is 14.6 Å². The number of rotatable bonds is 10. The second-order valence-corrected chi connectivity index (χ2v) is 8.13. The lowest BCUT2D eigenvalue weighted by molar-refractivity contribution is -0.152. The molecule has 31 heavy (non-hydrogen) atoms. The van der Waals surface area contributed by atoms with Gasteiger partial charge in [0.15, 0.2) is 0 Å².